The van der Waals surface area contributed by atoms with Gasteiger partial charge in [-0.1, -0.05) is 42.1 Å². The molecule has 0 N–H and O–H groups in total. The van der Waals surface area contributed by atoms with Crippen molar-refractivity contribution in [1.82, 2.24) is 4.90 Å². The SMILES string of the molecule is CCOc1ccccc1N=C1SC[C@H](C)N1C(=O)c1ccccc1C. The number of ether oxygens (including phenoxy) is 1. The molecule has 3 rings (SSSR count). The van der Waals surface area contributed by atoms with E-state index in [4.69, 9.17) is 9.73 Å². The molecule has 1 amide bonds. The zero-order chi connectivity index (χ0) is 17.8. The maximum absolute atomic E-state index is 13.1. The Morgan fingerprint density at radius 3 is 2.72 bits per heavy atom. The quantitative estimate of drug-likeness (QED) is 0.802. The van der Waals surface area contributed by atoms with E-state index in [0.717, 1.165) is 33.5 Å². The Morgan fingerprint density at radius 2 is 1.96 bits per heavy atom. The number of thioether (sulfide) groups is 1. The van der Waals surface area contributed by atoms with E-state index in [1.807, 2.05) is 62.4 Å². The van der Waals surface area contributed by atoms with Crippen LogP contribution in [0.3, 0.4) is 0 Å². The van der Waals surface area contributed by atoms with Crippen molar-refractivity contribution in [3.63, 3.8) is 0 Å². The fourth-order valence-corrected chi connectivity index (χ4v) is 3.88. The summed E-state index contributed by atoms with van der Waals surface area (Å²) in [5.74, 6) is 1.58. The Kier molecular flexibility index (Phi) is 5.43. The molecule has 130 valence electrons. The predicted molar refractivity (Wildman–Crippen MR) is 104 cm³/mol. The summed E-state index contributed by atoms with van der Waals surface area (Å²) in [6.07, 6.45) is 0. The Labute approximate surface area is 152 Å². The van der Waals surface area contributed by atoms with E-state index in [-0.39, 0.29) is 11.9 Å². The largest absolute Gasteiger partial charge is 0.492 e. The van der Waals surface area contributed by atoms with Gasteiger partial charge in [-0.3, -0.25) is 9.69 Å². The third kappa shape index (κ3) is 3.71. The summed E-state index contributed by atoms with van der Waals surface area (Å²) >= 11 is 1.61. The molecule has 4 nitrogen and oxygen atoms in total. The van der Waals surface area contributed by atoms with Crippen LogP contribution in [-0.2, 0) is 0 Å². The lowest BCUT2D eigenvalue weighted by atomic mass is 10.1. The van der Waals surface area contributed by atoms with Gasteiger partial charge in [0.1, 0.15) is 11.4 Å². The van der Waals surface area contributed by atoms with Crippen LogP contribution in [0.1, 0.15) is 29.8 Å². The molecule has 5 heteroatoms. The summed E-state index contributed by atoms with van der Waals surface area (Å²) in [7, 11) is 0. The number of benzene rings is 2. The molecular formula is C20H22N2O2S. The molecule has 1 aliphatic rings. The van der Waals surface area contributed by atoms with Crippen molar-refractivity contribution in [2.45, 2.75) is 26.8 Å². The van der Waals surface area contributed by atoms with E-state index in [1.54, 1.807) is 16.7 Å². The predicted octanol–water partition coefficient (Wildman–Crippen LogP) is 4.66. The van der Waals surface area contributed by atoms with Crippen LogP contribution in [0.4, 0.5) is 5.69 Å². The Hall–Kier alpha value is -2.27. The van der Waals surface area contributed by atoms with Crippen LogP contribution in [0.5, 0.6) is 5.75 Å². The van der Waals surface area contributed by atoms with Gasteiger partial charge >= 0.3 is 0 Å². The first-order valence-electron chi connectivity index (χ1n) is 8.44. The third-order valence-electron chi connectivity index (χ3n) is 4.08. The van der Waals surface area contributed by atoms with Crippen molar-refractivity contribution in [2.75, 3.05) is 12.4 Å². The summed E-state index contributed by atoms with van der Waals surface area (Å²) in [4.78, 5) is 19.6. The van der Waals surface area contributed by atoms with E-state index in [0.29, 0.717) is 6.61 Å². The topological polar surface area (TPSA) is 41.9 Å². The van der Waals surface area contributed by atoms with Gasteiger partial charge in [0.25, 0.3) is 5.91 Å². The molecule has 1 aliphatic heterocycles. The average Bonchev–Trinajstić information content (AvgIpc) is 2.97. The summed E-state index contributed by atoms with van der Waals surface area (Å²) in [5, 5.41) is 0.730. The first-order chi connectivity index (χ1) is 12.1. The van der Waals surface area contributed by atoms with Gasteiger partial charge in [0.2, 0.25) is 0 Å². The van der Waals surface area contributed by atoms with E-state index in [9.17, 15) is 4.79 Å². The van der Waals surface area contributed by atoms with Crippen LogP contribution < -0.4 is 4.74 Å². The van der Waals surface area contributed by atoms with Gasteiger partial charge in [-0.2, -0.15) is 0 Å². The highest BCUT2D eigenvalue weighted by Gasteiger charge is 2.33. The van der Waals surface area contributed by atoms with Crippen molar-refractivity contribution < 1.29 is 9.53 Å². The molecule has 0 bridgehead atoms. The maximum Gasteiger partial charge on any atom is 0.260 e. The molecule has 1 fully saturated rings. The molecule has 1 saturated heterocycles. The first kappa shape index (κ1) is 17.5. The van der Waals surface area contributed by atoms with Gasteiger partial charge in [0.15, 0.2) is 5.17 Å². The molecule has 0 aromatic heterocycles. The minimum Gasteiger partial charge on any atom is -0.492 e. The molecule has 1 heterocycles. The minimum atomic E-state index is 0.00300. The van der Waals surface area contributed by atoms with Crippen molar-refractivity contribution in [1.29, 1.82) is 0 Å². The van der Waals surface area contributed by atoms with Gasteiger partial charge in [0.05, 0.1) is 6.61 Å². The maximum atomic E-state index is 13.1. The number of nitrogens with zero attached hydrogens (tertiary/aromatic N) is 2. The van der Waals surface area contributed by atoms with Crippen LogP contribution in [0.25, 0.3) is 0 Å². The van der Waals surface area contributed by atoms with Crippen LogP contribution in [0, 0.1) is 6.92 Å². The van der Waals surface area contributed by atoms with Crippen LogP contribution in [-0.4, -0.2) is 34.4 Å². The molecule has 0 spiro atoms. The Balaban J connectivity index is 1.96. The fraction of sp³-hybridized carbons (Fsp3) is 0.300. The monoisotopic (exact) mass is 354 g/mol. The molecule has 0 saturated carbocycles. The second-order valence-electron chi connectivity index (χ2n) is 5.95. The lowest BCUT2D eigenvalue weighted by Crippen LogP contribution is -2.37. The molecule has 0 radical (unpaired) electrons. The Bertz CT molecular complexity index is 804. The molecule has 2 aromatic rings. The number of rotatable bonds is 4. The molecule has 0 unspecified atom stereocenters. The first-order valence-corrected chi connectivity index (χ1v) is 9.43. The summed E-state index contributed by atoms with van der Waals surface area (Å²) in [6.45, 7) is 6.55. The molecule has 25 heavy (non-hydrogen) atoms. The summed E-state index contributed by atoms with van der Waals surface area (Å²) < 4.78 is 5.65. The van der Waals surface area contributed by atoms with E-state index < -0.39 is 0 Å². The zero-order valence-electron chi connectivity index (χ0n) is 14.7. The number of para-hydroxylation sites is 2. The molecule has 0 aliphatic carbocycles. The zero-order valence-corrected chi connectivity index (χ0v) is 15.5. The number of carbonyl (C=O) groups excluding carboxylic acids is 1. The van der Waals surface area contributed by atoms with E-state index in [1.165, 1.54) is 0 Å². The lowest BCUT2D eigenvalue weighted by molar-refractivity contribution is 0.0828. The average molecular weight is 354 g/mol. The van der Waals surface area contributed by atoms with Gasteiger partial charge in [0, 0.05) is 17.4 Å². The normalized spacial score (nSPS) is 18.6. The summed E-state index contributed by atoms with van der Waals surface area (Å²) in [5.41, 5.74) is 2.46. The highest BCUT2D eigenvalue weighted by molar-refractivity contribution is 8.14. The fourth-order valence-electron chi connectivity index (χ4n) is 2.77. The van der Waals surface area contributed by atoms with E-state index >= 15 is 0 Å². The molecule has 2 aromatic carbocycles. The number of amides is 1. The second kappa shape index (κ2) is 7.74. The number of carbonyl (C=O) groups is 1. The van der Waals surface area contributed by atoms with Crippen molar-refractivity contribution in [3.05, 3.63) is 59.7 Å². The Morgan fingerprint density at radius 1 is 1.24 bits per heavy atom. The van der Waals surface area contributed by atoms with E-state index in [2.05, 4.69) is 6.92 Å². The third-order valence-corrected chi connectivity index (χ3v) is 5.27. The number of aryl methyl sites for hydroxylation is 1. The molecular weight excluding hydrogens is 332 g/mol. The van der Waals surface area contributed by atoms with Crippen LogP contribution >= 0.6 is 11.8 Å². The lowest BCUT2D eigenvalue weighted by Gasteiger charge is -2.22. The second-order valence-corrected chi connectivity index (χ2v) is 6.93. The van der Waals surface area contributed by atoms with Crippen molar-refractivity contribution >= 4 is 28.5 Å². The number of hydrogen-bond acceptors (Lipinski definition) is 4. The van der Waals surface area contributed by atoms with Crippen LogP contribution in [0.2, 0.25) is 0 Å². The van der Waals surface area contributed by atoms with Gasteiger partial charge < -0.3 is 4.74 Å². The highest BCUT2D eigenvalue weighted by atomic mass is 32.2. The minimum absolute atomic E-state index is 0.00300. The smallest absolute Gasteiger partial charge is 0.260 e. The number of hydrogen-bond donors (Lipinski definition) is 0. The highest BCUT2D eigenvalue weighted by Crippen LogP contribution is 2.33. The standard InChI is InChI=1S/C20H22N2O2S/c1-4-24-18-12-8-7-11-17(18)21-20-22(15(3)13-25-20)19(23)16-10-6-5-9-14(16)2/h5-12,15H,4,13H2,1-3H3/t15-/m0/s1. The summed E-state index contributed by atoms with van der Waals surface area (Å²) in [6, 6.07) is 15.5. The van der Waals surface area contributed by atoms with Gasteiger partial charge in [-0.15, -0.1) is 0 Å². The number of amidine groups is 1. The van der Waals surface area contributed by atoms with Gasteiger partial charge in [-0.25, -0.2) is 4.99 Å². The number of aliphatic imine (C=N–C) groups is 1. The molecule has 1 atom stereocenters. The van der Waals surface area contributed by atoms with Gasteiger partial charge in [-0.05, 0) is 44.5 Å². The van der Waals surface area contributed by atoms with Crippen molar-refractivity contribution in [2.24, 2.45) is 4.99 Å². The van der Waals surface area contributed by atoms with Crippen molar-refractivity contribution in [3.8, 4) is 5.75 Å². The van der Waals surface area contributed by atoms with Crippen LogP contribution in [0.15, 0.2) is 53.5 Å².